The molecule has 0 bridgehead atoms. The van der Waals surface area contributed by atoms with Crippen LogP contribution in [-0.2, 0) is 10.0 Å². The van der Waals surface area contributed by atoms with Crippen LogP contribution in [0.5, 0.6) is 0 Å². The maximum Gasteiger partial charge on any atom is 0.216 e. The molecule has 7 nitrogen and oxygen atoms in total. The van der Waals surface area contributed by atoms with Gasteiger partial charge in [0.2, 0.25) is 10.0 Å². The van der Waals surface area contributed by atoms with Crippen LogP contribution >= 0.6 is 0 Å². The van der Waals surface area contributed by atoms with Gasteiger partial charge in [-0.05, 0) is 32.4 Å². The topological polar surface area (TPSA) is 90.5 Å². The number of fused-ring (bicyclic) bond motifs is 1. The van der Waals surface area contributed by atoms with E-state index in [0.29, 0.717) is 36.7 Å². The third kappa shape index (κ3) is 2.90. The highest BCUT2D eigenvalue weighted by atomic mass is 32.2. The molecule has 1 aliphatic rings. The van der Waals surface area contributed by atoms with Gasteiger partial charge in [-0.3, -0.25) is 4.40 Å². The maximum atomic E-state index is 12.3. The van der Waals surface area contributed by atoms with Crippen molar-refractivity contribution in [2.24, 2.45) is 0 Å². The number of nitriles is 1. The number of rotatable bonds is 4. The predicted octanol–water partition coefficient (Wildman–Crippen LogP) is 1.11. The fourth-order valence-electron chi connectivity index (χ4n) is 2.91. The summed E-state index contributed by atoms with van der Waals surface area (Å²) in [5.74, 6) is 0.556. The second kappa shape index (κ2) is 5.83. The summed E-state index contributed by atoms with van der Waals surface area (Å²) in [6.45, 7) is 4.53. The van der Waals surface area contributed by atoms with E-state index in [9.17, 15) is 13.7 Å². The molecule has 1 fully saturated rings. The number of nitrogens with zero attached hydrogens (tertiary/aromatic N) is 4. The van der Waals surface area contributed by atoms with Gasteiger partial charge in [-0.2, -0.15) is 5.26 Å². The Hall–Kier alpha value is -2.11. The summed E-state index contributed by atoms with van der Waals surface area (Å²) in [4.78, 5) is 6.38. The van der Waals surface area contributed by atoms with Crippen LogP contribution in [0.1, 0.15) is 26.0 Å². The first-order chi connectivity index (χ1) is 10.9. The fourth-order valence-corrected chi connectivity index (χ4v) is 4.55. The molecule has 0 spiro atoms. The highest BCUT2D eigenvalue weighted by molar-refractivity contribution is 7.90. The molecule has 0 saturated carbocycles. The van der Waals surface area contributed by atoms with Gasteiger partial charge in [0.05, 0.1) is 5.25 Å². The Labute approximate surface area is 135 Å². The Morgan fingerprint density at radius 3 is 2.91 bits per heavy atom. The number of sulfonamides is 1. The smallest absolute Gasteiger partial charge is 0.216 e. The van der Waals surface area contributed by atoms with Gasteiger partial charge in [0.1, 0.15) is 11.7 Å². The zero-order valence-electron chi connectivity index (χ0n) is 13.1. The summed E-state index contributed by atoms with van der Waals surface area (Å²) in [5, 5.41) is 8.96. The Balaban J connectivity index is 1.89. The lowest BCUT2D eigenvalue weighted by atomic mass is 10.4. The first-order valence-electron chi connectivity index (χ1n) is 7.55. The quantitative estimate of drug-likeness (QED) is 0.905. The Morgan fingerprint density at radius 2 is 2.22 bits per heavy atom. The number of hydrogen-bond donors (Lipinski definition) is 1. The van der Waals surface area contributed by atoms with E-state index < -0.39 is 15.3 Å². The number of pyridine rings is 1. The van der Waals surface area contributed by atoms with Crippen molar-refractivity contribution in [3.63, 3.8) is 0 Å². The molecular formula is C15H19N5O2S. The Kier molecular flexibility index (Phi) is 4.00. The van der Waals surface area contributed by atoms with Crippen LogP contribution in [0, 0.1) is 11.3 Å². The summed E-state index contributed by atoms with van der Waals surface area (Å²) in [6.07, 6.45) is 2.32. The second-order valence-electron chi connectivity index (χ2n) is 6.00. The largest absolute Gasteiger partial charge is 0.353 e. The molecule has 1 atom stereocenters. The van der Waals surface area contributed by atoms with Gasteiger partial charge in [0, 0.05) is 25.3 Å². The van der Waals surface area contributed by atoms with Crippen molar-refractivity contribution < 1.29 is 8.42 Å². The Morgan fingerprint density at radius 1 is 1.43 bits per heavy atom. The van der Waals surface area contributed by atoms with Crippen LogP contribution in [-0.4, -0.2) is 42.2 Å². The molecule has 1 saturated heterocycles. The van der Waals surface area contributed by atoms with Crippen molar-refractivity contribution in [2.75, 3.05) is 18.0 Å². The summed E-state index contributed by atoms with van der Waals surface area (Å²) in [6, 6.07) is 7.57. The van der Waals surface area contributed by atoms with E-state index in [1.807, 2.05) is 23.1 Å². The summed E-state index contributed by atoms with van der Waals surface area (Å²) < 4.78 is 29.0. The lowest BCUT2D eigenvalue weighted by Crippen LogP contribution is -2.39. The molecule has 1 aliphatic heterocycles. The molecule has 1 N–H and O–H groups in total. The van der Waals surface area contributed by atoms with Crippen LogP contribution in [0.15, 0.2) is 24.4 Å². The molecular weight excluding hydrogens is 314 g/mol. The van der Waals surface area contributed by atoms with E-state index >= 15 is 0 Å². The molecule has 0 aromatic carbocycles. The van der Waals surface area contributed by atoms with Gasteiger partial charge in [0.15, 0.2) is 11.5 Å². The highest BCUT2D eigenvalue weighted by Gasteiger charge is 2.35. The van der Waals surface area contributed by atoms with E-state index in [1.165, 1.54) is 0 Å². The number of hydrogen-bond acceptors (Lipinski definition) is 5. The first kappa shape index (κ1) is 15.8. The molecule has 3 rings (SSSR count). The zero-order valence-corrected chi connectivity index (χ0v) is 13.9. The summed E-state index contributed by atoms with van der Waals surface area (Å²) in [7, 11) is -3.36. The van der Waals surface area contributed by atoms with Gasteiger partial charge in [0.25, 0.3) is 0 Å². The van der Waals surface area contributed by atoms with Gasteiger partial charge < -0.3 is 4.90 Å². The first-order valence-corrected chi connectivity index (χ1v) is 9.10. The van der Waals surface area contributed by atoms with E-state index in [-0.39, 0.29) is 6.04 Å². The van der Waals surface area contributed by atoms with Gasteiger partial charge in [-0.1, -0.05) is 6.07 Å². The Bertz CT molecular complexity index is 866. The van der Waals surface area contributed by atoms with Crippen molar-refractivity contribution >= 4 is 21.5 Å². The molecule has 3 heterocycles. The van der Waals surface area contributed by atoms with Crippen LogP contribution < -0.4 is 9.62 Å². The molecule has 0 aliphatic carbocycles. The molecule has 2 aromatic heterocycles. The third-order valence-corrected chi connectivity index (χ3v) is 5.96. The molecule has 122 valence electrons. The van der Waals surface area contributed by atoms with E-state index in [2.05, 4.69) is 15.8 Å². The van der Waals surface area contributed by atoms with Crippen molar-refractivity contribution in [1.82, 2.24) is 14.1 Å². The minimum absolute atomic E-state index is 0.126. The van der Waals surface area contributed by atoms with Crippen molar-refractivity contribution in [2.45, 2.75) is 31.6 Å². The lowest BCUT2D eigenvalue weighted by molar-refractivity contribution is 0.557. The number of nitrogens with one attached hydrogen (secondary N) is 1. The fraction of sp³-hybridized carbons (Fsp3) is 0.467. The minimum atomic E-state index is -3.36. The van der Waals surface area contributed by atoms with E-state index in [0.717, 1.165) is 0 Å². The monoisotopic (exact) mass is 333 g/mol. The van der Waals surface area contributed by atoms with Crippen LogP contribution in [0.2, 0.25) is 0 Å². The molecule has 0 unspecified atom stereocenters. The third-order valence-electron chi connectivity index (χ3n) is 3.90. The standard InChI is InChI=1S/C15H19N5O2S/c1-11(2)18-23(21,22)12-6-8-19(10-12)15-13(9-16)20-7-4-3-5-14(20)17-15/h3-5,7,11-12,18H,6,8,10H2,1-2H3/t12-/m0/s1. The molecule has 8 heteroatoms. The minimum Gasteiger partial charge on any atom is -0.353 e. The normalized spacial score (nSPS) is 18.7. The SMILES string of the molecule is CC(C)NS(=O)(=O)[C@H]1CCN(c2nc3ccccn3c2C#N)C1. The lowest BCUT2D eigenvalue weighted by Gasteiger charge is -2.17. The zero-order chi connectivity index (χ0) is 16.6. The summed E-state index contributed by atoms with van der Waals surface area (Å²) >= 11 is 0. The highest BCUT2D eigenvalue weighted by Crippen LogP contribution is 2.27. The maximum absolute atomic E-state index is 12.3. The van der Waals surface area contributed by atoms with Crippen LogP contribution in [0.25, 0.3) is 5.65 Å². The van der Waals surface area contributed by atoms with Crippen LogP contribution in [0.3, 0.4) is 0 Å². The average molecular weight is 333 g/mol. The number of imidazole rings is 1. The molecule has 23 heavy (non-hydrogen) atoms. The predicted molar refractivity (Wildman–Crippen MR) is 87.7 cm³/mol. The molecule has 0 amide bonds. The van der Waals surface area contributed by atoms with Gasteiger partial charge in [-0.15, -0.1) is 0 Å². The molecule has 2 aromatic rings. The van der Waals surface area contributed by atoms with E-state index in [4.69, 9.17) is 0 Å². The van der Waals surface area contributed by atoms with Gasteiger partial charge in [-0.25, -0.2) is 18.1 Å². The van der Waals surface area contributed by atoms with Crippen molar-refractivity contribution in [3.8, 4) is 6.07 Å². The molecule has 0 radical (unpaired) electrons. The second-order valence-corrected chi connectivity index (χ2v) is 7.99. The van der Waals surface area contributed by atoms with Crippen molar-refractivity contribution in [1.29, 1.82) is 5.26 Å². The summed E-state index contributed by atoms with van der Waals surface area (Å²) in [5.41, 5.74) is 1.13. The van der Waals surface area contributed by atoms with Gasteiger partial charge >= 0.3 is 0 Å². The van der Waals surface area contributed by atoms with Crippen molar-refractivity contribution in [3.05, 3.63) is 30.1 Å². The van der Waals surface area contributed by atoms with Crippen LogP contribution in [0.4, 0.5) is 5.82 Å². The number of anilines is 1. The van der Waals surface area contributed by atoms with E-state index in [1.54, 1.807) is 24.4 Å². The number of aromatic nitrogens is 2. The average Bonchev–Trinajstić information content (AvgIpc) is 3.10.